The molecule has 0 spiro atoms. The van der Waals surface area contributed by atoms with Gasteiger partial charge in [0.1, 0.15) is 5.82 Å². The number of benzene rings is 1. The Kier molecular flexibility index (Phi) is 3.84. The van der Waals surface area contributed by atoms with Crippen LogP contribution in [0.4, 0.5) is 4.39 Å². The zero-order chi connectivity index (χ0) is 18.5. The molecule has 2 aromatic heterocycles. The summed E-state index contributed by atoms with van der Waals surface area (Å²) in [5.41, 5.74) is 0.517. The molecule has 1 saturated carbocycles. The van der Waals surface area contributed by atoms with E-state index in [1.807, 2.05) is 17.5 Å². The molecule has 3 aromatic rings. The number of aliphatic hydroxyl groups excluding tert-OH is 1. The van der Waals surface area contributed by atoms with Crippen LogP contribution in [-0.4, -0.2) is 49.4 Å². The lowest BCUT2D eigenvalue weighted by atomic mass is 9.77. The number of aliphatic hydroxyl groups is 1. The van der Waals surface area contributed by atoms with Crippen LogP contribution in [0.25, 0.3) is 16.4 Å². The van der Waals surface area contributed by atoms with Crippen LogP contribution in [0.15, 0.2) is 41.8 Å². The number of carbonyl (C=O) groups is 1. The average Bonchev–Trinajstić information content (AvgIpc) is 3.38. The number of amides is 1. The van der Waals surface area contributed by atoms with E-state index in [0.717, 1.165) is 11.3 Å². The van der Waals surface area contributed by atoms with Crippen LogP contribution in [0.1, 0.15) is 23.5 Å². The van der Waals surface area contributed by atoms with Gasteiger partial charge in [0.05, 0.1) is 16.7 Å². The van der Waals surface area contributed by atoms with Crippen LogP contribution >= 0.6 is 11.3 Å². The maximum absolute atomic E-state index is 13.7. The van der Waals surface area contributed by atoms with E-state index >= 15 is 0 Å². The first-order valence-corrected chi connectivity index (χ1v) is 9.75. The Morgan fingerprint density at radius 1 is 1.30 bits per heavy atom. The van der Waals surface area contributed by atoms with Gasteiger partial charge in [0.2, 0.25) is 5.82 Å². The quantitative estimate of drug-likeness (QED) is 0.754. The lowest BCUT2D eigenvalue weighted by Crippen LogP contribution is -2.51. The fraction of sp³-hybridized carbons (Fsp3) is 0.316. The molecule has 8 heteroatoms. The summed E-state index contributed by atoms with van der Waals surface area (Å²) in [4.78, 5) is 20.1. The second-order valence-electron chi connectivity index (χ2n) is 6.95. The Bertz CT molecular complexity index is 1000. The molecule has 3 heterocycles. The largest absolute Gasteiger partial charge is 0.393 e. The molecule has 0 bridgehead atoms. The van der Waals surface area contributed by atoms with Crippen molar-refractivity contribution in [1.82, 2.24) is 19.7 Å². The van der Waals surface area contributed by atoms with Crippen LogP contribution in [0.3, 0.4) is 0 Å². The molecule has 1 aliphatic heterocycles. The molecule has 2 aliphatic rings. The summed E-state index contributed by atoms with van der Waals surface area (Å²) in [6.07, 6.45) is 1.10. The molecule has 138 valence electrons. The van der Waals surface area contributed by atoms with Crippen molar-refractivity contribution in [2.45, 2.75) is 25.0 Å². The van der Waals surface area contributed by atoms with Crippen molar-refractivity contribution in [2.75, 3.05) is 6.54 Å². The van der Waals surface area contributed by atoms with Crippen LogP contribution in [0.2, 0.25) is 0 Å². The minimum atomic E-state index is -0.376. The van der Waals surface area contributed by atoms with Crippen molar-refractivity contribution in [3.63, 3.8) is 0 Å². The highest BCUT2D eigenvalue weighted by atomic mass is 32.1. The van der Waals surface area contributed by atoms with Gasteiger partial charge in [0, 0.05) is 18.5 Å². The first-order chi connectivity index (χ1) is 13.1. The maximum atomic E-state index is 13.7. The van der Waals surface area contributed by atoms with Crippen LogP contribution < -0.4 is 0 Å². The fourth-order valence-electron chi connectivity index (χ4n) is 3.99. The number of likely N-dealkylation sites (tertiary alicyclic amines) is 1. The third-order valence-corrected chi connectivity index (χ3v) is 6.29. The average molecular weight is 384 g/mol. The molecule has 0 unspecified atom stereocenters. The second-order valence-corrected chi connectivity index (χ2v) is 7.90. The van der Waals surface area contributed by atoms with E-state index in [2.05, 4.69) is 10.1 Å². The minimum absolute atomic E-state index is 0.0683. The van der Waals surface area contributed by atoms with Crippen LogP contribution in [0, 0.1) is 11.7 Å². The molecular weight excluding hydrogens is 367 g/mol. The molecule has 1 saturated heterocycles. The zero-order valence-electron chi connectivity index (χ0n) is 14.3. The second kappa shape index (κ2) is 6.24. The molecule has 0 radical (unpaired) electrons. The van der Waals surface area contributed by atoms with Crippen molar-refractivity contribution in [2.24, 2.45) is 5.92 Å². The molecule has 1 amide bonds. The molecule has 27 heavy (non-hydrogen) atoms. The first-order valence-electron chi connectivity index (χ1n) is 8.88. The molecule has 2 fully saturated rings. The molecule has 6 nitrogen and oxygen atoms in total. The van der Waals surface area contributed by atoms with E-state index in [4.69, 9.17) is 0 Å². The molecule has 1 aromatic carbocycles. The number of nitrogens with zero attached hydrogens (tertiary/aromatic N) is 4. The van der Waals surface area contributed by atoms with Gasteiger partial charge >= 0.3 is 0 Å². The van der Waals surface area contributed by atoms with E-state index in [1.165, 1.54) is 28.2 Å². The first kappa shape index (κ1) is 16.6. The van der Waals surface area contributed by atoms with E-state index in [0.29, 0.717) is 24.5 Å². The Morgan fingerprint density at radius 3 is 2.89 bits per heavy atom. The van der Waals surface area contributed by atoms with Gasteiger partial charge < -0.3 is 10.0 Å². The fourth-order valence-corrected chi connectivity index (χ4v) is 4.69. The Balaban J connectivity index is 1.54. The standard InChI is InChI=1S/C19H17FN4O2S/c20-11-3-1-4-12(9-11)24-18(16-5-2-8-27-16)21-17(22-24)19(26)23-7-6-13-14(23)10-15(13)25/h1-5,8-9,13-15,25H,6-7,10H2/t13-,14-,15-/m1/s1. The van der Waals surface area contributed by atoms with Crippen molar-refractivity contribution >= 4 is 17.2 Å². The summed E-state index contributed by atoms with van der Waals surface area (Å²) in [6.45, 7) is 0.605. The summed E-state index contributed by atoms with van der Waals surface area (Å²) < 4.78 is 15.2. The highest BCUT2D eigenvalue weighted by Gasteiger charge is 2.49. The number of halogens is 1. The van der Waals surface area contributed by atoms with Crippen molar-refractivity contribution in [1.29, 1.82) is 0 Å². The van der Waals surface area contributed by atoms with Gasteiger partial charge in [-0.1, -0.05) is 12.1 Å². The van der Waals surface area contributed by atoms with E-state index in [1.54, 1.807) is 17.0 Å². The predicted octanol–water partition coefficient (Wildman–Crippen LogP) is 2.73. The molecule has 5 rings (SSSR count). The summed E-state index contributed by atoms with van der Waals surface area (Å²) in [5, 5.41) is 16.2. The Morgan fingerprint density at radius 2 is 2.19 bits per heavy atom. The third-order valence-electron chi connectivity index (χ3n) is 5.43. The van der Waals surface area contributed by atoms with Gasteiger partial charge in [0.15, 0.2) is 5.82 Å². The highest BCUT2D eigenvalue weighted by Crippen LogP contribution is 2.41. The number of fused-ring (bicyclic) bond motifs is 1. The number of hydrogen-bond donors (Lipinski definition) is 1. The number of carbonyl (C=O) groups excluding carboxylic acids is 1. The minimum Gasteiger partial charge on any atom is -0.393 e. The van der Waals surface area contributed by atoms with Crippen molar-refractivity contribution in [3.8, 4) is 16.4 Å². The van der Waals surface area contributed by atoms with Gasteiger partial charge in [-0.2, -0.15) is 0 Å². The molecule has 3 atom stereocenters. The Labute approximate surface area is 158 Å². The smallest absolute Gasteiger partial charge is 0.293 e. The van der Waals surface area contributed by atoms with Gasteiger partial charge in [-0.3, -0.25) is 4.79 Å². The van der Waals surface area contributed by atoms with Crippen LogP contribution in [0.5, 0.6) is 0 Å². The van der Waals surface area contributed by atoms with Gasteiger partial charge in [-0.15, -0.1) is 16.4 Å². The van der Waals surface area contributed by atoms with Crippen LogP contribution in [-0.2, 0) is 0 Å². The van der Waals surface area contributed by atoms with Crippen molar-refractivity contribution < 1.29 is 14.3 Å². The third kappa shape index (κ3) is 2.67. The lowest BCUT2D eigenvalue weighted by molar-refractivity contribution is -0.0167. The van der Waals surface area contributed by atoms with Gasteiger partial charge in [-0.05, 0) is 42.5 Å². The predicted molar refractivity (Wildman–Crippen MR) is 98.2 cm³/mol. The van der Waals surface area contributed by atoms with Crippen molar-refractivity contribution in [3.05, 3.63) is 53.4 Å². The maximum Gasteiger partial charge on any atom is 0.293 e. The Hall–Kier alpha value is -2.58. The molecule has 1 aliphatic carbocycles. The highest BCUT2D eigenvalue weighted by molar-refractivity contribution is 7.13. The summed E-state index contributed by atoms with van der Waals surface area (Å²) in [6, 6.07) is 9.93. The lowest BCUT2D eigenvalue weighted by Gasteiger charge is -2.40. The molecule has 1 N–H and O–H groups in total. The SMILES string of the molecule is O=C(c1nc(-c2cccs2)n(-c2cccc(F)c2)n1)N1CC[C@H]2[C@H](O)C[C@H]21. The number of thiophene rings is 1. The topological polar surface area (TPSA) is 71.2 Å². The van der Waals surface area contributed by atoms with Gasteiger partial charge in [-0.25, -0.2) is 14.1 Å². The summed E-state index contributed by atoms with van der Waals surface area (Å²) in [5.74, 6) is 0.172. The number of rotatable bonds is 3. The van der Waals surface area contributed by atoms with E-state index in [9.17, 15) is 14.3 Å². The normalized spacial score (nSPS) is 23.9. The monoisotopic (exact) mass is 384 g/mol. The van der Waals surface area contributed by atoms with E-state index < -0.39 is 0 Å². The van der Waals surface area contributed by atoms with Gasteiger partial charge in [0.25, 0.3) is 5.91 Å². The number of aromatic nitrogens is 3. The molecular formula is C19H17FN4O2S. The number of hydrogen-bond acceptors (Lipinski definition) is 5. The van der Waals surface area contributed by atoms with E-state index in [-0.39, 0.29) is 35.6 Å². The zero-order valence-corrected chi connectivity index (χ0v) is 15.1. The summed E-state index contributed by atoms with van der Waals surface area (Å²) >= 11 is 1.48. The summed E-state index contributed by atoms with van der Waals surface area (Å²) in [7, 11) is 0.